The first-order chi connectivity index (χ1) is 23.2. The Hall–Kier alpha value is -5.73. The molecule has 0 N–H and O–H groups in total. The molecule has 3 heterocycles. The molecule has 3 aromatic heterocycles. The molecular weight excluding hydrogens is 609 g/mol. The first-order valence-electron chi connectivity index (χ1n) is 15.6. The van der Waals surface area contributed by atoms with E-state index in [1.165, 1.54) is 63.2 Å². The molecule has 0 aliphatic heterocycles. The van der Waals surface area contributed by atoms with E-state index in [0.717, 1.165) is 26.9 Å². The smallest absolute Gasteiger partial charge is 0.205 e. The van der Waals surface area contributed by atoms with Crippen molar-refractivity contribution < 1.29 is 0 Å². The fraction of sp³-hybridized carbons (Fsp3) is 0. The number of aromatic nitrogens is 1. The molecule has 10 rings (SSSR count). The number of hydrogen-bond acceptors (Lipinski definition) is 2. The zero-order valence-electron chi connectivity index (χ0n) is 25.1. The van der Waals surface area contributed by atoms with Crippen LogP contribution in [0.1, 0.15) is 0 Å². The molecule has 0 saturated heterocycles. The zero-order chi connectivity index (χ0) is 31.1. The molecule has 0 unspecified atom stereocenters. The highest BCUT2D eigenvalue weighted by Gasteiger charge is 2.19. The van der Waals surface area contributed by atoms with Crippen molar-refractivity contribution in [3.05, 3.63) is 157 Å². The Morgan fingerprint density at radius 1 is 0.426 bits per heavy atom. The van der Waals surface area contributed by atoms with Crippen LogP contribution in [0.5, 0.6) is 0 Å². The van der Waals surface area contributed by atoms with Crippen molar-refractivity contribution in [3.8, 4) is 27.9 Å². The number of nitrogens with zero attached hydrogens (tertiary/aromatic N) is 2. The predicted octanol–water partition coefficient (Wildman–Crippen LogP) is 13.4. The standard InChI is InChI=1S/C43H24N2S2/c1-44-36-24-29(28-18-20-32-31-13-6-8-17-40(31)46-41(32)25-28)23-35-33-14-9-16-39(43(33)47-42(35)36)45-37-15-7-5-12-30(37)34-22-27(19-21-38(34)45)26-10-3-2-4-11-26/h2-25H. The monoisotopic (exact) mass is 632 g/mol. The van der Waals surface area contributed by atoms with Crippen LogP contribution in [0.15, 0.2) is 146 Å². The first-order valence-corrected chi connectivity index (χ1v) is 17.3. The lowest BCUT2D eigenvalue weighted by atomic mass is 10.0. The van der Waals surface area contributed by atoms with Gasteiger partial charge in [-0.25, -0.2) is 4.85 Å². The summed E-state index contributed by atoms with van der Waals surface area (Å²) in [5.41, 5.74) is 8.86. The molecule has 47 heavy (non-hydrogen) atoms. The van der Waals surface area contributed by atoms with Crippen molar-refractivity contribution in [2.75, 3.05) is 0 Å². The molecule has 0 fully saturated rings. The molecule has 0 bridgehead atoms. The summed E-state index contributed by atoms with van der Waals surface area (Å²) in [7, 11) is 0. The molecule has 0 saturated carbocycles. The van der Waals surface area contributed by atoms with Gasteiger partial charge < -0.3 is 4.57 Å². The van der Waals surface area contributed by atoms with Gasteiger partial charge in [-0.3, -0.25) is 0 Å². The summed E-state index contributed by atoms with van der Waals surface area (Å²) in [5.74, 6) is 0. The fourth-order valence-corrected chi connectivity index (χ4v) is 9.63. The van der Waals surface area contributed by atoms with Crippen LogP contribution < -0.4 is 0 Å². The number of fused-ring (bicyclic) bond motifs is 9. The molecule has 0 radical (unpaired) electrons. The highest BCUT2D eigenvalue weighted by Crippen LogP contribution is 2.46. The minimum atomic E-state index is 0.704. The van der Waals surface area contributed by atoms with Crippen molar-refractivity contribution in [1.82, 2.24) is 4.57 Å². The van der Waals surface area contributed by atoms with Crippen LogP contribution in [0.25, 0.3) is 94.9 Å². The van der Waals surface area contributed by atoms with Gasteiger partial charge in [-0.15, -0.1) is 22.7 Å². The van der Waals surface area contributed by atoms with Crippen molar-refractivity contribution >= 4 is 90.5 Å². The predicted molar refractivity (Wildman–Crippen MR) is 204 cm³/mol. The second kappa shape index (κ2) is 10.1. The molecule has 0 aliphatic rings. The van der Waals surface area contributed by atoms with Crippen LogP contribution >= 0.6 is 22.7 Å². The summed E-state index contributed by atoms with van der Waals surface area (Å²) < 4.78 is 7.22. The van der Waals surface area contributed by atoms with E-state index in [2.05, 4.69) is 155 Å². The largest absolute Gasteiger partial charge is 0.308 e. The molecule has 2 nitrogen and oxygen atoms in total. The summed E-state index contributed by atoms with van der Waals surface area (Å²) in [5, 5.41) is 7.38. The van der Waals surface area contributed by atoms with E-state index in [-0.39, 0.29) is 0 Å². The maximum Gasteiger partial charge on any atom is 0.205 e. The summed E-state index contributed by atoms with van der Waals surface area (Å²) >= 11 is 3.56. The van der Waals surface area contributed by atoms with Gasteiger partial charge in [0.1, 0.15) is 0 Å². The van der Waals surface area contributed by atoms with E-state index in [0.29, 0.717) is 5.69 Å². The molecule has 0 amide bonds. The quantitative estimate of drug-likeness (QED) is 0.171. The summed E-state index contributed by atoms with van der Waals surface area (Å²) in [6.07, 6.45) is 0. The number of thiophene rings is 2. The van der Waals surface area contributed by atoms with E-state index in [9.17, 15) is 0 Å². The minimum Gasteiger partial charge on any atom is -0.308 e. The summed E-state index contributed by atoms with van der Waals surface area (Å²) in [6.45, 7) is 8.19. The van der Waals surface area contributed by atoms with Crippen molar-refractivity contribution in [1.29, 1.82) is 0 Å². The maximum atomic E-state index is 8.19. The van der Waals surface area contributed by atoms with Gasteiger partial charge in [-0.2, -0.15) is 0 Å². The van der Waals surface area contributed by atoms with Crippen LogP contribution in [0.3, 0.4) is 0 Å². The minimum absolute atomic E-state index is 0.704. The normalized spacial score (nSPS) is 11.8. The average Bonchev–Trinajstić information content (AvgIpc) is 3.80. The molecule has 10 aromatic rings. The number of benzene rings is 7. The first kappa shape index (κ1) is 26.5. The number of para-hydroxylation sites is 1. The lowest BCUT2D eigenvalue weighted by Gasteiger charge is -2.10. The molecule has 7 aromatic carbocycles. The van der Waals surface area contributed by atoms with Gasteiger partial charge in [-0.05, 0) is 76.2 Å². The Labute approximate surface area is 278 Å². The van der Waals surface area contributed by atoms with Crippen LogP contribution in [0.2, 0.25) is 0 Å². The lowest BCUT2D eigenvalue weighted by Crippen LogP contribution is -1.93. The third-order valence-electron chi connectivity index (χ3n) is 9.41. The topological polar surface area (TPSA) is 9.29 Å². The molecule has 218 valence electrons. The Kier molecular flexibility index (Phi) is 5.71. The van der Waals surface area contributed by atoms with Gasteiger partial charge in [0.25, 0.3) is 0 Å². The summed E-state index contributed by atoms with van der Waals surface area (Å²) in [4.78, 5) is 4.06. The van der Waals surface area contributed by atoms with Gasteiger partial charge >= 0.3 is 0 Å². The van der Waals surface area contributed by atoms with Crippen LogP contribution in [0, 0.1) is 6.57 Å². The Morgan fingerprint density at radius 3 is 2.02 bits per heavy atom. The third-order valence-corrected chi connectivity index (χ3v) is 11.8. The van der Waals surface area contributed by atoms with Gasteiger partial charge in [0.05, 0.1) is 28.0 Å². The van der Waals surface area contributed by atoms with E-state index in [1.54, 1.807) is 11.3 Å². The third kappa shape index (κ3) is 3.95. The fourth-order valence-electron chi connectivity index (χ4n) is 7.24. The Balaban J connectivity index is 1.20. The van der Waals surface area contributed by atoms with E-state index in [4.69, 9.17) is 6.57 Å². The SMILES string of the molecule is [C-]#[N+]c1cc(-c2ccc3c(c2)sc2ccccc23)cc2c1sc1c(-n3c4ccccc4c4cc(-c5ccccc5)ccc43)cccc12. The van der Waals surface area contributed by atoms with Crippen LogP contribution in [-0.4, -0.2) is 4.57 Å². The number of rotatable bonds is 3. The highest BCUT2D eigenvalue weighted by atomic mass is 32.1. The molecule has 0 aliphatic carbocycles. The van der Waals surface area contributed by atoms with Crippen molar-refractivity contribution in [3.63, 3.8) is 0 Å². The van der Waals surface area contributed by atoms with E-state index in [1.807, 2.05) is 11.3 Å². The second-order valence-electron chi connectivity index (χ2n) is 12.0. The van der Waals surface area contributed by atoms with Gasteiger partial charge in [0.15, 0.2) is 0 Å². The van der Waals surface area contributed by atoms with E-state index < -0.39 is 0 Å². The lowest BCUT2D eigenvalue weighted by molar-refractivity contribution is 1.20. The van der Waals surface area contributed by atoms with Crippen molar-refractivity contribution in [2.45, 2.75) is 0 Å². The Bertz CT molecular complexity index is 2920. The van der Waals surface area contributed by atoms with Gasteiger partial charge in [0.2, 0.25) is 5.69 Å². The second-order valence-corrected chi connectivity index (χ2v) is 14.1. The Morgan fingerprint density at radius 2 is 1.13 bits per heavy atom. The highest BCUT2D eigenvalue weighted by molar-refractivity contribution is 7.27. The molecule has 4 heteroatoms. The molecular formula is C43H24N2S2. The maximum absolute atomic E-state index is 8.19. The average molecular weight is 633 g/mol. The van der Waals surface area contributed by atoms with Crippen molar-refractivity contribution in [2.24, 2.45) is 0 Å². The van der Waals surface area contributed by atoms with E-state index >= 15 is 0 Å². The molecule has 0 atom stereocenters. The van der Waals surface area contributed by atoms with Crippen LogP contribution in [-0.2, 0) is 0 Å². The number of hydrogen-bond donors (Lipinski definition) is 0. The van der Waals surface area contributed by atoms with Crippen LogP contribution in [0.4, 0.5) is 5.69 Å². The molecule has 0 spiro atoms. The van der Waals surface area contributed by atoms with Gasteiger partial charge in [-0.1, -0.05) is 97.1 Å². The van der Waals surface area contributed by atoms with Gasteiger partial charge in [0, 0.05) is 41.0 Å². The summed E-state index contributed by atoms with van der Waals surface area (Å²) in [6, 6.07) is 52.4. The zero-order valence-corrected chi connectivity index (χ0v) is 26.7.